The van der Waals surface area contributed by atoms with Crippen LogP contribution in [0.1, 0.15) is 31.1 Å². The largest absolute Gasteiger partial charge is 0.464 e. The Balaban J connectivity index is 2.91. The normalized spacial score (nSPS) is 11.9. The second-order valence-electron chi connectivity index (χ2n) is 3.32. The van der Waals surface area contributed by atoms with Crippen LogP contribution in [-0.2, 0) is 9.53 Å². The van der Waals surface area contributed by atoms with Gasteiger partial charge in [-0.2, -0.15) is 5.26 Å². The maximum Gasteiger partial charge on any atom is 0.328 e. The molecule has 0 aliphatic rings. The predicted octanol–water partition coefficient (Wildman–Crippen LogP) is 1.79. The molecule has 0 aliphatic heterocycles. The lowest BCUT2D eigenvalue weighted by molar-refractivity contribution is -0.146. The highest BCUT2D eigenvalue weighted by Crippen LogP contribution is 2.15. The number of nitriles is 1. The Hall–Kier alpha value is -1.76. The maximum absolute atomic E-state index is 11.5. The van der Waals surface area contributed by atoms with Crippen molar-refractivity contribution in [1.82, 2.24) is 4.57 Å². The van der Waals surface area contributed by atoms with Gasteiger partial charge in [0.25, 0.3) is 0 Å². The van der Waals surface area contributed by atoms with Crippen LogP contribution in [0, 0.1) is 18.3 Å². The molecule has 0 saturated carbocycles. The van der Waals surface area contributed by atoms with Gasteiger partial charge in [-0.05, 0) is 26.8 Å². The molecule has 0 bridgehead atoms. The van der Waals surface area contributed by atoms with Crippen LogP contribution in [-0.4, -0.2) is 17.1 Å². The fourth-order valence-electron chi connectivity index (χ4n) is 1.44. The number of rotatable bonds is 3. The van der Waals surface area contributed by atoms with E-state index in [-0.39, 0.29) is 12.0 Å². The van der Waals surface area contributed by atoms with Gasteiger partial charge in [-0.15, -0.1) is 0 Å². The summed E-state index contributed by atoms with van der Waals surface area (Å²) in [6.45, 7) is 5.76. The van der Waals surface area contributed by atoms with E-state index >= 15 is 0 Å². The van der Waals surface area contributed by atoms with Crippen molar-refractivity contribution >= 4 is 5.97 Å². The number of hydrogen-bond acceptors (Lipinski definition) is 3. The fourth-order valence-corrected chi connectivity index (χ4v) is 1.44. The summed E-state index contributed by atoms with van der Waals surface area (Å²) in [7, 11) is 0. The average Bonchev–Trinajstić information content (AvgIpc) is 2.59. The van der Waals surface area contributed by atoms with E-state index in [1.54, 1.807) is 30.7 Å². The molecule has 80 valence electrons. The van der Waals surface area contributed by atoms with Crippen molar-refractivity contribution in [3.63, 3.8) is 0 Å². The molecule has 0 spiro atoms. The SMILES string of the molecule is CCOC(=O)C(C)n1cc(C#N)cc1C. The first-order valence-electron chi connectivity index (χ1n) is 4.85. The van der Waals surface area contributed by atoms with Crippen molar-refractivity contribution in [2.75, 3.05) is 6.61 Å². The Labute approximate surface area is 89.1 Å². The number of aromatic nitrogens is 1. The van der Waals surface area contributed by atoms with Crippen LogP contribution in [0.2, 0.25) is 0 Å². The third kappa shape index (κ3) is 2.38. The lowest BCUT2D eigenvalue weighted by Crippen LogP contribution is -2.19. The average molecular weight is 206 g/mol. The van der Waals surface area contributed by atoms with Crippen molar-refractivity contribution in [3.8, 4) is 6.07 Å². The van der Waals surface area contributed by atoms with Crippen LogP contribution >= 0.6 is 0 Å². The summed E-state index contributed by atoms with van der Waals surface area (Å²) >= 11 is 0. The smallest absolute Gasteiger partial charge is 0.328 e. The molecule has 15 heavy (non-hydrogen) atoms. The standard InChI is InChI=1S/C11H14N2O2/c1-4-15-11(14)9(3)13-7-10(6-12)5-8(13)2/h5,7,9H,4H2,1-3H3. The number of carbonyl (C=O) groups is 1. The Kier molecular flexibility index (Phi) is 3.51. The quantitative estimate of drug-likeness (QED) is 0.708. The summed E-state index contributed by atoms with van der Waals surface area (Å²) in [5.41, 5.74) is 1.44. The first kappa shape index (κ1) is 11.3. The second-order valence-corrected chi connectivity index (χ2v) is 3.32. The van der Waals surface area contributed by atoms with Gasteiger partial charge in [0.05, 0.1) is 12.2 Å². The molecule has 0 saturated heterocycles. The number of ether oxygens (including phenoxy) is 1. The van der Waals surface area contributed by atoms with Crippen LogP contribution in [0.15, 0.2) is 12.3 Å². The van der Waals surface area contributed by atoms with Gasteiger partial charge in [0, 0.05) is 11.9 Å². The van der Waals surface area contributed by atoms with Crippen LogP contribution in [0.4, 0.5) is 0 Å². The van der Waals surface area contributed by atoms with Gasteiger partial charge in [-0.1, -0.05) is 0 Å². The van der Waals surface area contributed by atoms with Crippen LogP contribution in [0.5, 0.6) is 0 Å². The highest BCUT2D eigenvalue weighted by molar-refractivity contribution is 5.74. The topological polar surface area (TPSA) is 55.0 Å². The number of hydrogen-bond donors (Lipinski definition) is 0. The Morgan fingerprint density at radius 1 is 1.73 bits per heavy atom. The zero-order chi connectivity index (χ0) is 11.4. The molecule has 1 aromatic rings. The highest BCUT2D eigenvalue weighted by Gasteiger charge is 2.17. The zero-order valence-corrected chi connectivity index (χ0v) is 9.15. The summed E-state index contributed by atoms with van der Waals surface area (Å²) < 4.78 is 6.66. The van der Waals surface area contributed by atoms with Crippen LogP contribution in [0.25, 0.3) is 0 Å². The fraction of sp³-hybridized carbons (Fsp3) is 0.455. The number of esters is 1. The first-order valence-corrected chi connectivity index (χ1v) is 4.85. The molecule has 0 fully saturated rings. The summed E-state index contributed by atoms with van der Waals surface area (Å²) in [4.78, 5) is 11.5. The molecular formula is C11H14N2O2. The molecular weight excluding hydrogens is 192 g/mol. The lowest BCUT2D eigenvalue weighted by atomic mass is 10.3. The molecule has 4 nitrogen and oxygen atoms in total. The van der Waals surface area contributed by atoms with Crippen molar-refractivity contribution in [3.05, 3.63) is 23.5 Å². The van der Waals surface area contributed by atoms with Crippen molar-refractivity contribution < 1.29 is 9.53 Å². The van der Waals surface area contributed by atoms with E-state index in [0.29, 0.717) is 12.2 Å². The first-order chi connectivity index (χ1) is 7.10. The van der Waals surface area contributed by atoms with E-state index in [2.05, 4.69) is 0 Å². The van der Waals surface area contributed by atoms with Gasteiger partial charge >= 0.3 is 5.97 Å². The van der Waals surface area contributed by atoms with E-state index in [1.807, 2.05) is 13.0 Å². The minimum atomic E-state index is -0.382. The molecule has 4 heteroatoms. The van der Waals surface area contributed by atoms with Gasteiger partial charge in [0.2, 0.25) is 0 Å². The van der Waals surface area contributed by atoms with E-state index in [1.165, 1.54) is 0 Å². The molecule has 0 aliphatic carbocycles. The number of aryl methyl sites for hydroxylation is 1. The zero-order valence-electron chi connectivity index (χ0n) is 9.15. The van der Waals surface area contributed by atoms with Crippen molar-refractivity contribution in [2.45, 2.75) is 26.8 Å². The molecule has 0 aromatic carbocycles. The van der Waals surface area contributed by atoms with Crippen LogP contribution < -0.4 is 0 Å². The molecule has 1 rings (SSSR count). The molecule has 0 radical (unpaired) electrons. The highest BCUT2D eigenvalue weighted by atomic mass is 16.5. The molecule has 0 amide bonds. The summed E-state index contributed by atoms with van der Waals surface area (Å²) in [5.74, 6) is -0.277. The molecule has 0 N–H and O–H groups in total. The van der Waals surface area contributed by atoms with E-state index in [0.717, 1.165) is 5.69 Å². The Bertz CT molecular complexity index is 401. The van der Waals surface area contributed by atoms with Gasteiger partial charge in [0.1, 0.15) is 12.1 Å². The third-order valence-corrected chi connectivity index (χ3v) is 2.22. The molecule has 1 aromatic heterocycles. The van der Waals surface area contributed by atoms with E-state index < -0.39 is 0 Å². The van der Waals surface area contributed by atoms with E-state index in [9.17, 15) is 4.79 Å². The van der Waals surface area contributed by atoms with Gasteiger partial charge in [-0.3, -0.25) is 0 Å². The summed E-state index contributed by atoms with van der Waals surface area (Å²) in [5, 5.41) is 8.72. The Morgan fingerprint density at radius 2 is 2.40 bits per heavy atom. The third-order valence-electron chi connectivity index (χ3n) is 2.22. The summed E-state index contributed by atoms with van der Waals surface area (Å²) in [6.07, 6.45) is 1.66. The van der Waals surface area contributed by atoms with Crippen LogP contribution in [0.3, 0.4) is 0 Å². The molecule has 1 unspecified atom stereocenters. The molecule has 1 atom stereocenters. The van der Waals surface area contributed by atoms with Gasteiger partial charge < -0.3 is 9.30 Å². The van der Waals surface area contributed by atoms with Crippen molar-refractivity contribution in [1.29, 1.82) is 5.26 Å². The monoisotopic (exact) mass is 206 g/mol. The second kappa shape index (κ2) is 4.65. The Morgan fingerprint density at radius 3 is 2.87 bits per heavy atom. The van der Waals surface area contributed by atoms with E-state index in [4.69, 9.17) is 10.00 Å². The number of nitrogens with zero attached hydrogens (tertiary/aromatic N) is 2. The lowest BCUT2D eigenvalue weighted by Gasteiger charge is -2.13. The van der Waals surface area contributed by atoms with Gasteiger partial charge in [0.15, 0.2) is 0 Å². The van der Waals surface area contributed by atoms with Crippen molar-refractivity contribution in [2.24, 2.45) is 0 Å². The minimum absolute atomic E-state index is 0.277. The predicted molar refractivity (Wildman–Crippen MR) is 55.2 cm³/mol. The number of carbonyl (C=O) groups excluding carboxylic acids is 1. The maximum atomic E-state index is 11.5. The van der Waals surface area contributed by atoms with Gasteiger partial charge in [-0.25, -0.2) is 4.79 Å². The molecule has 1 heterocycles. The summed E-state index contributed by atoms with van der Waals surface area (Å²) in [6, 6.07) is 3.40. The minimum Gasteiger partial charge on any atom is -0.464 e.